The van der Waals surface area contributed by atoms with Crippen LogP contribution in [0.15, 0.2) is 18.2 Å². The third-order valence-electron chi connectivity index (χ3n) is 3.00. The lowest BCUT2D eigenvalue weighted by Gasteiger charge is -2.19. The van der Waals surface area contributed by atoms with E-state index in [1.807, 2.05) is 33.8 Å². The Morgan fingerprint density at radius 1 is 1.20 bits per heavy atom. The van der Waals surface area contributed by atoms with Gasteiger partial charge in [-0.3, -0.25) is 4.79 Å². The van der Waals surface area contributed by atoms with E-state index in [4.69, 9.17) is 4.74 Å². The molecule has 0 aliphatic rings. The van der Waals surface area contributed by atoms with Crippen molar-refractivity contribution in [3.05, 3.63) is 35.0 Å². The first-order valence-corrected chi connectivity index (χ1v) is 6.55. The van der Waals surface area contributed by atoms with Gasteiger partial charge in [0.1, 0.15) is 5.60 Å². The molecule has 0 bridgehead atoms. The minimum absolute atomic E-state index is 0.0270. The Labute approximate surface area is 118 Å². The van der Waals surface area contributed by atoms with Crippen molar-refractivity contribution in [2.24, 2.45) is 0 Å². The van der Waals surface area contributed by atoms with E-state index in [1.165, 1.54) is 6.92 Å². The number of fused-ring (bicyclic) bond motifs is 1. The summed E-state index contributed by atoms with van der Waals surface area (Å²) in [5.74, 6) is -0.400. The summed E-state index contributed by atoms with van der Waals surface area (Å²) >= 11 is 0. The van der Waals surface area contributed by atoms with Gasteiger partial charge in [-0.2, -0.15) is 0 Å². The molecule has 0 amide bonds. The number of rotatable bonds is 2. The van der Waals surface area contributed by atoms with Crippen molar-refractivity contribution in [3.8, 4) is 0 Å². The van der Waals surface area contributed by atoms with Crippen molar-refractivity contribution in [3.63, 3.8) is 0 Å². The number of hydrogen-bond donors (Lipinski definition) is 1. The number of nitrogens with one attached hydrogen (secondary N) is 1. The monoisotopic (exact) mass is 273 g/mol. The minimum atomic E-state index is -0.550. The average Bonchev–Trinajstić information content (AvgIpc) is 2.61. The molecule has 0 spiro atoms. The number of hydrogen-bond acceptors (Lipinski definition) is 3. The van der Waals surface area contributed by atoms with Crippen molar-refractivity contribution in [2.75, 3.05) is 0 Å². The lowest BCUT2D eigenvalue weighted by atomic mass is 10.1. The van der Waals surface area contributed by atoms with Gasteiger partial charge in [-0.25, -0.2) is 4.79 Å². The van der Waals surface area contributed by atoms with Gasteiger partial charge in [0.05, 0.1) is 5.56 Å². The number of Topliss-reactive ketones (excluding diaryl/α,β-unsaturated/α-hetero) is 1. The maximum absolute atomic E-state index is 12.3. The Hall–Kier alpha value is -2.10. The first-order valence-electron chi connectivity index (χ1n) is 6.55. The van der Waals surface area contributed by atoms with Crippen LogP contribution < -0.4 is 0 Å². The van der Waals surface area contributed by atoms with Gasteiger partial charge in [-0.15, -0.1) is 0 Å². The van der Waals surface area contributed by atoms with Crippen LogP contribution in [-0.4, -0.2) is 22.3 Å². The lowest BCUT2D eigenvalue weighted by Crippen LogP contribution is -2.24. The number of aromatic amines is 1. The summed E-state index contributed by atoms with van der Waals surface area (Å²) in [5.41, 5.74) is 2.10. The van der Waals surface area contributed by atoms with E-state index in [1.54, 1.807) is 12.1 Å². The molecule has 0 fully saturated rings. The molecular weight excluding hydrogens is 254 g/mol. The van der Waals surface area contributed by atoms with Crippen LogP contribution in [0.25, 0.3) is 10.9 Å². The van der Waals surface area contributed by atoms with E-state index in [9.17, 15) is 9.59 Å². The van der Waals surface area contributed by atoms with Crippen molar-refractivity contribution in [1.82, 2.24) is 4.98 Å². The van der Waals surface area contributed by atoms with Gasteiger partial charge in [0.25, 0.3) is 0 Å². The molecule has 2 aromatic rings. The predicted molar refractivity (Wildman–Crippen MR) is 78.2 cm³/mol. The topological polar surface area (TPSA) is 59.2 Å². The fourth-order valence-corrected chi connectivity index (χ4v) is 2.14. The van der Waals surface area contributed by atoms with Gasteiger partial charge in [-0.05, 0) is 52.8 Å². The molecule has 4 heteroatoms. The SMILES string of the molecule is CC(=O)c1ccc2[nH]c(C)c(C(=O)OC(C)(C)C)c2c1. The summed E-state index contributed by atoms with van der Waals surface area (Å²) in [5, 5.41) is 0.726. The van der Waals surface area contributed by atoms with Crippen LogP contribution in [0.4, 0.5) is 0 Å². The Bertz CT molecular complexity index is 690. The Morgan fingerprint density at radius 2 is 1.85 bits per heavy atom. The molecule has 0 radical (unpaired) electrons. The van der Waals surface area contributed by atoms with Gasteiger partial charge in [0.2, 0.25) is 0 Å². The molecule has 106 valence electrons. The zero-order valence-corrected chi connectivity index (χ0v) is 12.5. The van der Waals surface area contributed by atoms with E-state index in [0.29, 0.717) is 11.1 Å². The number of benzene rings is 1. The molecule has 0 aliphatic carbocycles. The normalized spacial score (nSPS) is 11.7. The summed E-state index contributed by atoms with van der Waals surface area (Å²) in [7, 11) is 0. The first kappa shape index (κ1) is 14.3. The van der Waals surface area contributed by atoms with Crippen LogP contribution in [0.3, 0.4) is 0 Å². The van der Waals surface area contributed by atoms with Crippen LogP contribution >= 0.6 is 0 Å². The Morgan fingerprint density at radius 3 is 2.40 bits per heavy atom. The number of carbonyl (C=O) groups is 2. The second-order valence-corrected chi connectivity index (χ2v) is 5.94. The number of aryl methyl sites for hydroxylation is 1. The largest absolute Gasteiger partial charge is 0.456 e. The minimum Gasteiger partial charge on any atom is -0.456 e. The third kappa shape index (κ3) is 2.74. The molecule has 0 unspecified atom stereocenters. The van der Waals surface area contributed by atoms with Crippen molar-refractivity contribution >= 4 is 22.7 Å². The summed E-state index contributed by atoms with van der Waals surface area (Å²) in [6.45, 7) is 8.82. The van der Waals surface area contributed by atoms with Gasteiger partial charge in [0, 0.05) is 22.2 Å². The molecule has 1 heterocycles. The highest BCUT2D eigenvalue weighted by Crippen LogP contribution is 2.26. The molecule has 1 aromatic carbocycles. The summed E-state index contributed by atoms with van der Waals surface area (Å²) < 4.78 is 5.43. The van der Waals surface area contributed by atoms with Gasteiger partial charge in [0.15, 0.2) is 5.78 Å². The van der Waals surface area contributed by atoms with E-state index in [0.717, 1.165) is 16.6 Å². The van der Waals surface area contributed by atoms with E-state index in [2.05, 4.69) is 4.98 Å². The number of H-pyrrole nitrogens is 1. The quantitative estimate of drug-likeness (QED) is 0.671. The van der Waals surface area contributed by atoms with E-state index in [-0.39, 0.29) is 11.8 Å². The highest BCUT2D eigenvalue weighted by molar-refractivity contribution is 6.08. The lowest BCUT2D eigenvalue weighted by molar-refractivity contribution is 0.00710. The molecule has 0 saturated heterocycles. The smallest absolute Gasteiger partial charge is 0.341 e. The molecular formula is C16H19NO3. The molecule has 2 rings (SSSR count). The molecule has 0 saturated carbocycles. The van der Waals surface area contributed by atoms with Crippen LogP contribution in [0.1, 0.15) is 54.1 Å². The zero-order chi connectivity index (χ0) is 15.1. The van der Waals surface area contributed by atoms with Gasteiger partial charge >= 0.3 is 5.97 Å². The van der Waals surface area contributed by atoms with Crippen molar-refractivity contribution in [1.29, 1.82) is 0 Å². The average molecular weight is 273 g/mol. The maximum Gasteiger partial charge on any atom is 0.341 e. The van der Waals surface area contributed by atoms with Crippen LogP contribution in [0, 0.1) is 6.92 Å². The Kier molecular flexibility index (Phi) is 3.42. The fourth-order valence-electron chi connectivity index (χ4n) is 2.14. The highest BCUT2D eigenvalue weighted by Gasteiger charge is 2.23. The van der Waals surface area contributed by atoms with Crippen LogP contribution in [0.5, 0.6) is 0 Å². The molecule has 0 atom stereocenters. The second kappa shape index (κ2) is 4.78. The molecule has 0 aliphatic heterocycles. The third-order valence-corrected chi connectivity index (χ3v) is 3.00. The molecule has 20 heavy (non-hydrogen) atoms. The zero-order valence-electron chi connectivity index (χ0n) is 12.5. The van der Waals surface area contributed by atoms with Gasteiger partial charge in [-0.1, -0.05) is 0 Å². The fraction of sp³-hybridized carbons (Fsp3) is 0.375. The summed E-state index contributed by atoms with van der Waals surface area (Å²) in [6, 6.07) is 5.30. The first-order chi connectivity index (χ1) is 9.19. The van der Waals surface area contributed by atoms with Crippen molar-refractivity contribution in [2.45, 2.75) is 40.2 Å². The number of ether oxygens (including phenoxy) is 1. The van der Waals surface area contributed by atoms with Crippen LogP contribution in [0.2, 0.25) is 0 Å². The molecule has 1 aromatic heterocycles. The molecule has 1 N–H and O–H groups in total. The molecule has 4 nitrogen and oxygen atoms in total. The number of aromatic nitrogens is 1. The number of carbonyl (C=O) groups excluding carboxylic acids is 2. The second-order valence-electron chi connectivity index (χ2n) is 5.94. The maximum atomic E-state index is 12.3. The Balaban J connectivity index is 2.57. The summed E-state index contributed by atoms with van der Waals surface area (Å²) in [6.07, 6.45) is 0. The predicted octanol–water partition coefficient (Wildman–Crippen LogP) is 3.63. The van der Waals surface area contributed by atoms with Crippen molar-refractivity contribution < 1.29 is 14.3 Å². The van der Waals surface area contributed by atoms with E-state index >= 15 is 0 Å². The standard InChI is InChI=1S/C16H19NO3/c1-9-14(15(19)20-16(3,4)5)12-8-11(10(2)18)6-7-13(12)17-9/h6-8,17H,1-5H3. The highest BCUT2D eigenvalue weighted by atomic mass is 16.6. The number of ketones is 1. The van der Waals surface area contributed by atoms with Crippen LogP contribution in [-0.2, 0) is 4.74 Å². The summed E-state index contributed by atoms with van der Waals surface area (Å²) in [4.78, 5) is 26.9. The number of esters is 1. The van der Waals surface area contributed by atoms with Gasteiger partial charge < -0.3 is 9.72 Å². The van der Waals surface area contributed by atoms with E-state index < -0.39 is 5.60 Å².